The van der Waals surface area contributed by atoms with E-state index in [-0.39, 0.29) is 28.7 Å². The average molecular weight is 658 g/mol. The maximum Gasteiger partial charge on any atom is 0.410 e. The van der Waals surface area contributed by atoms with E-state index in [2.05, 4.69) is 9.97 Å². The van der Waals surface area contributed by atoms with Gasteiger partial charge in [0.1, 0.15) is 11.3 Å². The number of carbonyl (C=O) groups excluding carboxylic acids is 1. The summed E-state index contributed by atoms with van der Waals surface area (Å²) in [6.45, 7) is 8.69. The van der Waals surface area contributed by atoms with E-state index < -0.39 is 40.2 Å². The number of carbonyl (C=O) groups is 1. The average Bonchev–Trinajstić information content (AvgIpc) is 3.28. The lowest BCUT2D eigenvalue weighted by atomic mass is 9.98. The molecule has 48 heavy (non-hydrogen) atoms. The number of aromatic nitrogens is 3. The summed E-state index contributed by atoms with van der Waals surface area (Å²) in [7, 11) is 0. The Morgan fingerprint density at radius 3 is 2.46 bits per heavy atom. The fraction of sp³-hybridized carbons (Fsp3) is 0.361. The molecular weight excluding hydrogens is 623 g/mol. The number of hydrogen-bond donors (Lipinski definition) is 0. The fourth-order valence-electron chi connectivity index (χ4n) is 6.19. The van der Waals surface area contributed by atoms with Crippen molar-refractivity contribution in [2.24, 2.45) is 5.92 Å². The van der Waals surface area contributed by atoms with Crippen molar-refractivity contribution in [2.45, 2.75) is 58.1 Å². The van der Waals surface area contributed by atoms with Gasteiger partial charge in [0.15, 0.2) is 17.4 Å². The van der Waals surface area contributed by atoms with Crippen LogP contribution in [-0.2, 0) is 10.7 Å². The highest BCUT2D eigenvalue weighted by Gasteiger charge is 2.48. The minimum atomic E-state index is -3.59. The van der Waals surface area contributed by atoms with E-state index in [0.29, 0.717) is 42.4 Å². The molecular formula is C36H34F3N5O4. The number of nitriles is 1. The van der Waals surface area contributed by atoms with Gasteiger partial charge in [0.25, 0.3) is 5.56 Å². The number of fused-ring (bicyclic) bond motifs is 3. The number of pyridine rings is 1. The largest absolute Gasteiger partial charge is 0.490 e. The summed E-state index contributed by atoms with van der Waals surface area (Å²) >= 11 is 0. The Morgan fingerprint density at radius 2 is 1.79 bits per heavy atom. The summed E-state index contributed by atoms with van der Waals surface area (Å²) in [5.74, 6) is -3.69. The topological polar surface area (TPSA) is 110 Å². The molecule has 1 aliphatic carbocycles. The molecule has 9 nitrogen and oxygen atoms in total. The van der Waals surface area contributed by atoms with Crippen LogP contribution in [0.2, 0.25) is 0 Å². The zero-order valence-electron chi connectivity index (χ0n) is 27.0. The van der Waals surface area contributed by atoms with E-state index in [9.17, 15) is 14.9 Å². The molecule has 2 aromatic carbocycles. The van der Waals surface area contributed by atoms with Gasteiger partial charge in [0.05, 0.1) is 36.7 Å². The monoisotopic (exact) mass is 657 g/mol. The number of halogens is 3. The summed E-state index contributed by atoms with van der Waals surface area (Å²) in [5, 5.41) is 9.30. The van der Waals surface area contributed by atoms with Gasteiger partial charge in [0.2, 0.25) is 0 Å². The van der Waals surface area contributed by atoms with Crippen LogP contribution in [0, 0.1) is 23.1 Å². The number of alkyl halides is 2. The number of nitrogens with zero attached hydrogens (tertiary/aromatic N) is 5. The zero-order chi connectivity index (χ0) is 34.4. The van der Waals surface area contributed by atoms with Gasteiger partial charge in [-0.15, -0.1) is 0 Å². The van der Waals surface area contributed by atoms with Crippen LogP contribution >= 0.6 is 0 Å². The van der Waals surface area contributed by atoms with Crippen molar-refractivity contribution < 1.29 is 27.4 Å². The number of likely N-dealkylation sites (tertiary alicyclic amines) is 1. The quantitative estimate of drug-likeness (QED) is 0.218. The Morgan fingerprint density at radius 1 is 1.08 bits per heavy atom. The van der Waals surface area contributed by atoms with Crippen LogP contribution in [0.1, 0.15) is 69.0 Å². The molecule has 4 aromatic rings. The Bertz CT molecular complexity index is 1970. The first-order valence-corrected chi connectivity index (χ1v) is 15.7. The summed E-state index contributed by atoms with van der Waals surface area (Å²) in [6, 6.07) is 12.2. The summed E-state index contributed by atoms with van der Waals surface area (Å²) < 4.78 is 58.9. The van der Waals surface area contributed by atoms with Crippen LogP contribution < -0.4 is 10.3 Å². The standard InChI is InChI=1S/C36H34F3N5O4/c1-21(44-31-28(16-30(37)33(44)45)27-14-23(17-40)8-9-29(27)36(31,38)39)24-6-5-7-25(15-24)32-41-18-26(19-42-32)47-20-22-10-12-43(13-11-22)34(46)48-35(2,3)4/h5-9,14-16,18-19,21-22H,10-13,20H2,1-4H3/t21-/m0/s1. The van der Waals surface area contributed by atoms with Crippen molar-refractivity contribution in [3.63, 3.8) is 0 Å². The minimum Gasteiger partial charge on any atom is -0.490 e. The van der Waals surface area contributed by atoms with E-state index in [1.165, 1.54) is 12.1 Å². The molecule has 0 radical (unpaired) electrons. The second-order valence-corrected chi connectivity index (χ2v) is 13.1. The van der Waals surface area contributed by atoms with Gasteiger partial charge in [-0.3, -0.25) is 9.36 Å². The molecule has 3 heterocycles. The van der Waals surface area contributed by atoms with Crippen LogP contribution in [0.5, 0.6) is 5.75 Å². The molecule has 1 saturated heterocycles. The predicted octanol–water partition coefficient (Wildman–Crippen LogP) is 7.07. The maximum absolute atomic E-state index is 15.9. The molecule has 0 spiro atoms. The second kappa shape index (κ2) is 12.4. The minimum absolute atomic E-state index is 0.0182. The van der Waals surface area contributed by atoms with E-state index in [0.717, 1.165) is 29.5 Å². The van der Waals surface area contributed by atoms with E-state index in [1.807, 2.05) is 26.8 Å². The third kappa shape index (κ3) is 6.24. The number of ether oxygens (including phenoxy) is 2. The SMILES string of the molecule is C[C@@H](c1cccc(-c2ncc(OCC3CCN(C(=O)OC(C)(C)C)CC3)cn2)c1)n1c2c(cc(F)c1=O)-c1cc(C#N)ccc1C2(F)F. The summed E-state index contributed by atoms with van der Waals surface area (Å²) in [5.41, 5.74) is -1.66. The third-order valence-corrected chi connectivity index (χ3v) is 8.66. The van der Waals surface area contributed by atoms with Crippen LogP contribution in [0.15, 0.2) is 65.7 Å². The number of piperidine rings is 1. The normalized spacial score (nSPS) is 16.1. The zero-order valence-corrected chi connectivity index (χ0v) is 27.0. The van der Waals surface area contributed by atoms with Gasteiger partial charge in [-0.25, -0.2) is 19.2 Å². The summed E-state index contributed by atoms with van der Waals surface area (Å²) in [4.78, 5) is 36.0. The van der Waals surface area contributed by atoms with Gasteiger partial charge in [-0.1, -0.05) is 24.3 Å². The van der Waals surface area contributed by atoms with Gasteiger partial charge >= 0.3 is 12.0 Å². The third-order valence-electron chi connectivity index (χ3n) is 8.66. The number of benzene rings is 2. The predicted molar refractivity (Wildman–Crippen MR) is 171 cm³/mol. The Balaban J connectivity index is 1.17. The molecule has 0 unspecified atom stereocenters. The van der Waals surface area contributed by atoms with Crippen molar-refractivity contribution in [1.29, 1.82) is 5.26 Å². The number of rotatable bonds is 6. The highest BCUT2D eigenvalue weighted by atomic mass is 19.3. The molecule has 1 atom stereocenters. The molecule has 0 bridgehead atoms. The molecule has 6 rings (SSSR count). The Hall–Kier alpha value is -5.18. The second-order valence-electron chi connectivity index (χ2n) is 13.1. The van der Waals surface area contributed by atoms with Crippen LogP contribution in [0.25, 0.3) is 22.5 Å². The smallest absolute Gasteiger partial charge is 0.410 e. The van der Waals surface area contributed by atoms with Crippen LogP contribution in [0.4, 0.5) is 18.0 Å². The molecule has 12 heteroatoms. The molecule has 2 aromatic heterocycles. The fourth-order valence-corrected chi connectivity index (χ4v) is 6.19. The Labute approximate surface area is 275 Å². The first kappa shape index (κ1) is 32.7. The Kier molecular flexibility index (Phi) is 8.49. The number of hydrogen-bond acceptors (Lipinski definition) is 7. The van der Waals surface area contributed by atoms with Gasteiger partial charge < -0.3 is 14.4 Å². The molecule has 1 fully saturated rings. The van der Waals surface area contributed by atoms with Gasteiger partial charge in [0, 0.05) is 29.8 Å². The van der Waals surface area contributed by atoms with Crippen molar-refractivity contribution >= 4 is 6.09 Å². The first-order valence-electron chi connectivity index (χ1n) is 15.7. The van der Waals surface area contributed by atoms with Crippen LogP contribution in [0.3, 0.4) is 0 Å². The highest BCUT2D eigenvalue weighted by Crippen LogP contribution is 2.51. The lowest BCUT2D eigenvalue weighted by Gasteiger charge is -2.33. The molecule has 0 N–H and O–H groups in total. The lowest BCUT2D eigenvalue weighted by Crippen LogP contribution is -2.42. The highest BCUT2D eigenvalue weighted by molar-refractivity contribution is 5.79. The molecule has 0 saturated carbocycles. The van der Waals surface area contributed by atoms with Gasteiger partial charge in [-0.05, 0) is 81.8 Å². The van der Waals surface area contributed by atoms with E-state index in [4.69, 9.17) is 9.47 Å². The molecule has 248 valence electrons. The van der Waals surface area contributed by atoms with Gasteiger partial charge in [-0.2, -0.15) is 14.0 Å². The molecule has 1 amide bonds. The van der Waals surface area contributed by atoms with Crippen molar-refractivity contribution in [3.8, 4) is 34.3 Å². The maximum atomic E-state index is 15.9. The van der Waals surface area contributed by atoms with Crippen molar-refractivity contribution in [1.82, 2.24) is 19.4 Å². The van der Waals surface area contributed by atoms with Crippen LogP contribution in [-0.4, -0.2) is 50.8 Å². The van der Waals surface area contributed by atoms with E-state index in [1.54, 1.807) is 48.5 Å². The lowest BCUT2D eigenvalue weighted by molar-refractivity contribution is 0.0164. The van der Waals surface area contributed by atoms with E-state index >= 15 is 13.2 Å². The summed E-state index contributed by atoms with van der Waals surface area (Å²) in [6.07, 6.45) is 4.34. The molecule has 1 aliphatic heterocycles. The molecule has 2 aliphatic rings. The van der Waals surface area contributed by atoms with Crippen molar-refractivity contribution in [2.75, 3.05) is 19.7 Å². The van der Waals surface area contributed by atoms with Crippen molar-refractivity contribution in [3.05, 3.63) is 99.5 Å². The first-order chi connectivity index (χ1) is 22.8. The number of amides is 1.